The highest BCUT2D eigenvalue weighted by Gasteiger charge is 2.12. The van der Waals surface area contributed by atoms with E-state index in [0.29, 0.717) is 15.2 Å². The summed E-state index contributed by atoms with van der Waals surface area (Å²) in [5.74, 6) is -0.642. The summed E-state index contributed by atoms with van der Waals surface area (Å²) in [4.78, 5) is 23.9. The van der Waals surface area contributed by atoms with Gasteiger partial charge in [0.1, 0.15) is 5.01 Å². The molecular formula is C15H17BrN4O2S. The maximum absolute atomic E-state index is 12.0. The maximum atomic E-state index is 12.0. The van der Waals surface area contributed by atoms with Crippen LogP contribution in [-0.2, 0) is 11.2 Å². The molecule has 122 valence electrons. The van der Waals surface area contributed by atoms with Crippen LogP contribution >= 0.6 is 27.3 Å². The van der Waals surface area contributed by atoms with Crippen molar-refractivity contribution in [3.8, 4) is 0 Å². The van der Waals surface area contributed by atoms with E-state index in [2.05, 4.69) is 43.7 Å². The summed E-state index contributed by atoms with van der Waals surface area (Å²) < 4.78 is 0.683. The van der Waals surface area contributed by atoms with E-state index in [9.17, 15) is 9.59 Å². The molecule has 1 aromatic carbocycles. The van der Waals surface area contributed by atoms with Gasteiger partial charge in [-0.2, -0.15) is 0 Å². The zero-order valence-electron chi connectivity index (χ0n) is 12.6. The highest BCUT2D eigenvalue weighted by atomic mass is 79.9. The highest BCUT2D eigenvalue weighted by molar-refractivity contribution is 9.10. The molecule has 2 N–H and O–H groups in total. The lowest BCUT2D eigenvalue weighted by atomic mass is 10.2. The zero-order valence-corrected chi connectivity index (χ0v) is 15.0. The number of aromatic nitrogens is 2. The van der Waals surface area contributed by atoms with Crippen LogP contribution in [0, 0.1) is 0 Å². The number of carbonyl (C=O) groups excluding carboxylic acids is 2. The van der Waals surface area contributed by atoms with E-state index in [1.54, 1.807) is 18.2 Å². The number of aryl methyl sites for hydroxylation is 1. The Kier molecular flexibility index (Phi) is 6.66. The minimum Gasteiger partial charge on any atom is -0.343 e. The molecular weight excluding hydrogens is 380 g/mol. The van der Waals surface area contributed by atoms with Gasteiger partial charge in [-0.05, 0) is 34.5 Å². The van der Waals surface area contributed by atoms with Crippen molar-refractivity contribution in [2.75, 3.05) is 11.9 Å². The molecule has 8 heteroatoms. The number of nitrogens with one attached hydrogen (secondary N) is 2. The van der Waals surface area contributed by atoms with Gasteiger partial charge in [0, 0.05) is 10.9 Å². The number of hydrogen-bond acceptors (Lipinski definition) is 5. The van der Waals surface area contributed by atoms with Crippen molar-refractivity contribution in [1.82, 2.24) is 15.5 Å². The van der Waals surface area contributed by atoms with Crippen LogP contribution in [0.5, 0.6) is 0 Å². The molecule has 6 nitrogen and oxygen atoms in total. The normalized spacial score (nSPS) is 10.3. The first kappa shape index (κ1) is 17.6. The molecule has 0 fully saturated rings. The Hall–Kier alpha value is -1.80. The van der Waals surface area contributed by atoms with Crippen molar-refractivity contribution >= 4 is 44.2 Å². The highest BCUT2D eigenvalue weighted by Crippen LogP contribution is 2.17. The smallest absolute Gasteiger partial charge is 0.252 e. The molecule has 0 saturated carbocycles. The molecule has 2 aromatic rings. The Morgan fingerprint density at radius 2 is 2.04 bits per heavy atom. The summed E-state index contributed by atoms with van der Waals surface area (Å²) in [6.07, 6.45) is 3.00. The van der Waals surface area contributed by atoms with Crippen LogP contribution in [-0.4, -0.2) is 28.6 Å². The monoisotopic (exact) mass is 396 g/mol. The second kappa shape index (κ2) is 8.73. The summed E-state index contributed by atoms with van der Waals surface area (Å²) >= 11 is 4.66. The molecule has 0 radical (unpaired) electrons. The Morgan fingerprint density at radius 1 is 1.26 bits per heavy atom. The van der Waals surface area contributed by atoms with Crippen molar-refractivity contribution in [3.05, 3.63) is 39.3 Å². The number of nitrogens with zero attached hydrogens (tertiary/aromatic N) is 2. The largest absolute Gasteiger partial charge is 0.343 e. The third-order valence-electron chi connectivity index (χ3n) is 2.99. The summed E-state index contributed by atoms with van der Waals surface area (Å²) in [5.41, 5.74) is 0.484. The lowest BCUT2D eigenvalue weighted by Gasteiger charge is -2.06. The predicted octanol–water partition coefficient (Wildman–Crippen LogP) is 3.01. The fraction of sp³-hybridized carbons (Fsp3) is 0.333. The summed E-state index contributed by atoms with van der Waals surface area (Å²) in [6, 6.07) is 7.04. The zero-order chi connectivity index (χ0) is 16.7. The first-order chi connectivity index (χ1) is 11.1. The molecule has 0 bridgehead atoms. The average Bonchev–Trinajstić information content (AvgIpc) is 2.98. The number of halogens is 1. The minimum atomic E-state index is -0.330. The van der Waals surface area contributed by atoms with E-state index in [4.69, 9.17) is 0 Å². The Morgan fingerprint density at radius 3 is 2.78 bits per heavy atom. The molecule has 1 heterocycles. The topological polar surface area (TPSA) is 84.0 Å². The Bertz CT molecular complexity index is 690. The van der Waals surface area contributed by atoms with Gasteiger partial charge in [0.2, 0.25) is 11.0 Å². The van der Waals surface area contributed by atoms with E-state index in [1.807, 2.05) is 6.07 Å². The number of rotatable bonds is 7. The Labute approximate surface area is 146 Å². The van der Waals surface area contributed by atoms with Gasteiger partial charge >= 0.3 is 0 Å². The SMILES string of the molecule is CCCCc1nnc(NC(=O)CNC(=O)c2ccccc2Br)s1. The molecule has 0 aliphatic heterocycles. The molecule has 2 rings (SSSR count). The van der Waals surface area contributed by atoms with E-state index < -0.39 is 0 Å². The fourth-order valence-corrected chi connectivity index (χ4v) is 3.06. The van der Waals surface area contributed by atoms with Gasteiger partial charge in [0.05, 0.1) is 12.1 Å². The molecule has 1 aromatic heterocycles. The summed E-state index contributed by atoms with van der Waals surface area (Å²) in [5, 5.41) is 14.5. The molecule has 2 amide bonds. The van der Waals surface area contributed by atoms with Crippen LogP contribution in [0.25, 0.3) is 0 Å². The molecule has 23 heavy (non-hydrogen) atoms. The van der Waals surface area contributed by atoms with E-state index in [-0.39, 0.29) is 18.4 Å². The molecule has 0 unspecified atom stereocenters. The molecule has 0 spiro atoms. The van der Waals surface area contributed by atoms with E-state index >= 15 is 0 Å². The van der Waals surface area contributed by atoms with Crippen molar-refractivity contribution in [3.63, 3.8) is 0 Å². The van der Waals surface area contributed by atoms with Crippen LogP contribution in [0.15, 0.2) is 28.7 Å². The number of hydrogen-bond donors (Lipinski definition) is 2. The van der Waals surface area contributed by atoms with Crippen LogP contribution in [0.1, 0.15) is 35.1 Å². The van der Waals surface area contributed by atoms with E-state index in [0.717, 1.165) is 24.3 Å². The molecule has 0 aliphatic rings. The van der Waals surface area contributed by atoms with Crippen LogP contribution in [0.3, 0.4) is 0 Å². The van der Waals surface area contributed by atoms with Gasteiger partial charge in [0.15, 0.2) is 0 Å². The van der Waals surface area contributed by atoms with Gasteiger partial charge in [-0.3, -0.25) is 14.9 Å². The minimum absolute atomic E-state index is 0.121. The average molecular weight is 397 g/mol. The van der Waals surface area contributed by atoms with Crippen molar-refractivity contribution < 1.29 is 9.59 Å². The second-order valence-electron chi connectivity index (χ2n) is 4.82. The molecule has 0 saturated heterocycles. The third-order valence-corrected chi connectivity index (χ3v) is 4.58. The number of carbonyl (C=O) groups is 2. The van der Waals surface area contributed by atoms with Crippen molar-refractivity contribution in [1.29, 1.82) is 0 Å². The third kappa shape index (κ3) is 5.40. The van der Waals surface area contributed by atoms with Crippen LogP contribution in [0.4, 0.5) is 5.13 Å². The van der Waals surface area contributed by atoms with Crippen molar-refractivity contribution in [2.45, 2.75) is 26.2 Å². The quantitative estimate of drug-likeness (QED) is 0.753. The fourth-order valence-electron chi connectivity index (χ4n) is 1.80. The van der Waals surface area contributed by atoms with Gasteiger partial charge < -0.3 is 5.32 Å². The van der Waals surface area contributed by atoms with Crippen LogP contribution in [0.2, 0.25) is 0 Å². The number of unbranched alkanes of at least 4 members (excludes halogenated alkanes) is 1. The summed E-state index contributed by atoms with van der Waals surface area (Å²) in [7, 11) is 0. The maximum Gasteiger partial charge on any atom is 0.252 e. The first-order valence-corrected chi connectivity index (χ1v) is 8.86. The van der Waals surface area contributed by atoms with Gasteiger partial charge in [-0.25, -0.2) is 0 Å². The number of amides is 2. The lowest BCUT2D eigenvalue weighted by molar-refractivity contribution is -0.115. The predicted molar refractivity (Wildman–Crippen MR) is 93.6 cm³/mol. The van der Waals surface area contributed by atoms with Crippen molar-refractivity contribution in [2.24, 2.45) is 0 Å². The van der Waals surface area contributed by atoms with Gasteiger partial charge in [0.25, 0.3) is 5.91 Å². The first-order valence-electron chi connectivity index (χ1n) is 7.25. The van der Waals surface area contributed by atoms with Gasteiger partial charge in [-0.1, -0.05) is 36.8 Å². The van der Waals surface area contributed by atoms with Gasteiger partial charge in [-0.15, -0.1) is 10.2 Å². The van der Waals surface area contributed by atoms with E-state index in [1.165, 1.54) is 11.3 Å². The van der Waals surface area contributed by atoms with Crippen LogP contribution < -0.4 is 10.6 Å². The lowest BCUT2D eigenvalue weighted by Crippen LogP contribution is -2.33. The Balaban J connectivity index is 1.82. The molecule has 0 aliphatic carbocycles. The molecule has 0 atom stereocenters. The standard InChI is InChI=1S/C15H17BrN4O2S/c1-2-3-8-13-19-20-15(23-13)18-12(21)9-17-14(22)10-6-4-5-7-11(10)16/h4-7H,2-3,8-9H2,1H3,(H,17,22)(H,18,20,21). The second-order valence-corrected chi connectivity index (χ2v) is 6.73. The summed E-state index contributed by atoms with van der Waals surface area (Å²) in [6.45, 7) is 1.99. The number of benzene rings is 1. The number of anilines is 1.